The van der Waals surface area contributed by atoms with Gasteiger partial charge in [-0.05, 0) is 0 Å². The molecular formula is C7H12O3. The molecule has 0 atom stereocenters. The molecule has 3 nitrogen and oxygen atoms in total. The molecule has 58 valence electrons. The van der Waals surface area contributed by atoms with Gasteiger partial charge in [-0.3, -0.25) is 9.59 Å². The maximum atomic E-state index is 10.9. The van der Waals surface area contributed by atoms with Crippen LogP contribution in [-0.4, -0.2) is 23.3 Å². The molecule has 0 aliphatic rings. The summed E-state index contributed by atoms with van der Waals surface area (Å²) in [5.74, 6) is -1.23. The van der Waals surface area contributed by atoms with Crippen LogP contribution in [0, 0.1) is 5.41 Å². The molecule has 0 saturated carbocycles. The second-order valence-electron chi connectivity index (χ2n) is 3.16. The highest BCUT2D eigenvalue weighted by Crippen LogP contribution is 2.14. The minimum atomic E-state index is -0.715. The quantitative estimate of drug-likeness (QED) is 0.562. The number of Topliss-reactive ketones (excluding diaryl/α,β-unsaturated/α-hetero) is 2. The van der Waals surface area contributed by atoms with E-state index in [0.717, 1.165) is 0 Å². The van der Waals surface area contributed by atoms with Crippen LogP contribution in [0.15, 0.2) is 0 Å². The Balaban J connectivity index is 4.24. The molecule has 0 fully saturated rings. The summed E-state index contributed by atoms with van der Waals surface area (Å²) in [6.07, 6.45) is 0. The lowest BCUT2D eigenvalue weighted by Crippen LogP contribution is -2.30. The first-order valence-corrected chi connectivity index (χ1v) is 3.08. The molecule has 0 saturated heterocycles. The van der Waals surface area contributed by atoms with Gasteiger partial charge < -0.3 is 5.11 Å². The first-order valence-electron chi connectivity index (χ1n) is 3.08. The van der Waals surface area contributed by atoms with Gasteiger partial charge in [0.15, 0.2) is 0 Å². The van der Waals surface area contributed by atoms with Gasteiger partial charge in [-0.15, -0.1) is 0 Å². The molecular weight excluding hydrogens is 132 g/mol. The highest BCUT2D eigenvalue weighted by Gasteiger charge is 2.26. The van der Waals surface area contributed by atoms with Gasteiger partial charge in [-0.1, -0.05) is 20.8 Å². The number of ketones is 2. The van der Waals surface area contributed by atoms with Crippen LogP contribution < -0.4 is 0 Å². The normalized spacial score (nSPS) is 11.2. The third kappa shape index (κ3) is 2.27. The summed E-state index contributed by atoms with van der Waals surface area (Å²) >= 11 is 0. The lowest BCUT2D eigenvalue weighted by Gasteiger charge is -2.13. The van der Waals surface area contributed by atoms with Crippen LogP contribution in [-0.2, 0) is 9.59 Å². The lowest BCUT2D eigenvalue weighted by molar-refractivity contribution is -0.142. The summed E-state index contributed by atoms with van der Waals surface area (Å²) in [6, 6.07) is 0. The fourth-order valence-corrected chi connectivity index (χ4v) is 0.490. The van der Waals surface area contributed by atoms with Crippen molar-refractivity contribution in [2.24, 2.45) is 5.41 Å². The predicted molar refractivity (Wildman–Crippen MR) is 36.6 cm³/mol. The van der Waals surface area contributed by atoms with Gasteiger partial charge >= 0.3 is 0 Å². The molecule has 0 spiro atoms. The van der Waals surface area contributed by atoms with Crippen LogP contribution in [0.25, 0.3) is 0 Å². The maximum absolute atomic E-state index is 10.9. The molecule has 0 amide bonds. The van der Waals surface area contributed by atoms with Gasteiger partial charge in [0.2, 0.25) is 11.6 Å². The van der Waals surface area contributed by atoms with Crippen LogP contribution >= 0.6 is 0 Å². The zero-order chi connectivity index (χ0) is 8.36. The Bertz CT molecular complexity index is 153. The Morgan fingerprint density at radius 3 is 1.80 bits per heavy atom. The summed E-state index contributed by atoms with van der Waals surface area (Å²) in [6.45, 7) is 4.24. The van der Waals surface area contributed by atoms with Crippen molar-refractivity contribution in [3.63, 3.8) is 0 Å². The van der Waals surface area contributed by atoms with E-state index in [1.807, 2.05) is 0 Å². The van der Waals surface area contributed by atoms with E-state index in [1.54, 1.807) is 20.8 Å². The maximum Gasteiger partial charge on any atom is 0.224 e. The SMILES string of the molecule is CC(C)(C)C(=O)C(=O)CO. The summed E-state index contributed by atoms with van der Waals surface area (Å²) in [5, 5.41) is 8.30. The second-order valence-corrected chi connectivity index (χ2v) is 3.16. The van der Waals surface area contributed by atoms with Crippen molar-refractivity contribution in [3.05, 3.63) is 0 Å². The van der Waals surface area contributed by atoms with Crippen LogP contribution in [0.1, 0.15) is 20.8 Å². The summed E-state index contributed by atoms with van der Waals surface area (Å²) in [5.41, 5.74) is -0.667. The fourth-order valence-electron chi connectivity index (χ4n) is 0.490. The molecule has 0 rings (SSSR count). The molecule has 0 aromatic carbocycles. The van der Waals surface area contributed by atoms with Crippen LogP contribution in [0.3, 0.4) is 0 Å². The van der Waals surface area contributed by atoms with E-state index in [4.69, 9.17) is 5.11 Å². The van der Waals surface area contributed by atoms with Crippen molar-refractivity contribution in [1.82, 2.24) is 0 Å². The van der Waals surface area contributed by atoms with E-state index >= 15 is 0 Å². The number of hydrogen-bond acceptors (Lipinski definition) is 3. The predicted octanol–water partition coefficient (Wildman–Crippen LogP) is 0.163. The third-order valence-electron chi connectivity index (χ3n) is 1.08. The molecule has 0 aromatic heterocycles. The zero-order valence-electron chi connectivity index (χ0n) is 6.47. The Morgan fingerprint density at radius 1 is 1.30 bits per heavy atom. The molecule has 0 unspecified atom stereocenters. The molecule has 0 heterocycles. The summed E-state index contributed by atoms with van der Waals surface area (Å²) in [7, 11) is 0. The Kier molecular flexibility index (Phi) is 2.72. The van der Waals surface area contributed by atoms with Crippen molar-refractivity contribution < 1.29 is 14.7 Å². The monoisotopic (exact) mass is 144 g/mol. The lowest BCUT2D eigenvalue weighted by atomic mass is 9.89. The van der Waals surface area contributed by atoms with Gasteiger partial charge in [0.1, 0.15) is 6.61 Å². The van der Waals surface area contributed by atoms with Crippen LogP contribution in [0.4, 0.5) is 0 Å². The molecule has 0 aliphatic heterocycles. The Labute approximate surface area is 60.0 Å². The fraction of sp³-hybridized carbons (Fsp3) is 0.714. The van der Waals surface area contributed by atoms with Crippen LogP contribution in [0.2, 0.25) is 0 Å². The highest BCUT2D eigenvalue weighted by molar-refractivity contribution is 6.39. The number of aliphatic hydroxyl groups excluding tert-OH is 1. The van der Waals surface area contributed by atoms with Gasteiger partial charge in [-0.25, -0.2) is 0 Å². The minimum Gasteiger partial charge on any atom is -0.388 e. The molecule has 0 aliphatic carbocycles. The molecule has 10 heavy (non-hydrogen) atoms. The number of hydrogen-bond donors (Lipinski definition) is 1. The number of carbonyl (C=O) groups is 2. The zero-order valence-corrected chi connectivity index (χ0v) is 6.47. The van der Waals surface area contributed by atoms with Crippen molar-refractivity contribution in [1.29, 1.82) is 0 Å². The standard InChI is InChI=1S/C7H12O3/c1-7(2,3)6(10)5(9)4-8/h8H,4H2,1-3H3. The minimum absolute atomic E-state index is 0.519. The Morgan fingerprint density at radius 2 is 1.70 bits per heavy atom. The van der Waals surface area contributed by atoms with Crippen molar-refractivity contribution in [3.8, 4) is 0 Å². The van der Waals surface area contributed by atoms with E-state index < -0.39 is 23.6 Å². The van der Waals surface area contributed by atoms with Crippen LogP contribution in [0.5, 0.6) is 0 Å². The highest BCUT2D eigenvalue weighted by atomic mass is 16.3. The largest absolute Gasteiger partial charge is 0.388 e. The number of rotatable bonds is 2. The topological polar surface area (TPSA) is 54.4 Å². The van der Waals surface area contributed by atoms with Gasteiger partial charge in [0.05, 0.1) is 0 Å². The first kappa shape index (κ1) is 9.30. The third-order valence-corrected chi connectivity index (χ3v) is 1.08. The molecule has 0 radical (unpaired) electrons. The van der Waals surface area contributed by atoms with E-state index in [2.05, 4.69) is 0 Å². The summed E-state index contributed by atoms with van der Waals surface area (Å²) in [4.78, 5) is 21.4. The van der Waals surface area contributed by atoms with E-state index in [1.165, 1.54) is 0 Å². The smallest absolute Gasteiger partial charge is 0.224 e. The molecule has 0 aromatic rings. The summed E-state index contributed by atoms with van der Waals surface area (Å²) < 4.78 is 0. The van der Waals surface area contributed by atoms with Crippen molar-refractivity contribution in [2.45, 2.75) is 20.8 Å². The van der Waals surface area contributed by atoms with E-state index in [0.29, 0.717) is 0 Å². The van der Waals surface area contributed by atoms with Crippen molar-refractivity contribution >= 4 is 11.6 Å². The average molecular weight is 144 g/mol. The molecule has 3 heteroatoms. The van der Waals surface area contributed by atoms with Gasteiger partial charge in [0.25, 0.3) is 0 Å². The number of aliphatic hydroxyl groups is 1. The van der Waals surface area contributed by atoms with Crippen molar-refractivity contribution in [2.75, 3.05) is 6.61 Å². The van der Waals surface area contributed by atoms with Gasteiger partial charge in [0, 0.05) is 5.41 Å². The molecule has 1 N–H and O–H groups in total. The number of carbonyl (C=O) groups excluding carboxylic acids is 2. The second kappa shape index (κ2) is 2.92. The average Bonchev–Trinajstić information content (AvgIpc) is 1.83. The van der Waals surface area contributed by atoms with E-state index in [9.17, 15) is 9.59 Å². The van der Waals surface area contributed by atoms with E-state index in [-0.39, 0.29) is 0 Å². The molecule has 0 bridgehead atoms. The van der Waals surface area contributed by atoms with Gasteiger partial charge in [-0.2, -0.15) is 0 Å². The Hall–Kier alpha value is -0.700. The first-order chi connectivity index (χ1) is 4.39.